The lowest BCUT2D eigenvalue weighted by Gasteiger charge is -2.58. The van der Waals surface area contributed by atoms with Crippen LogP contribution in [-0.4, -0.2) is 23.4 Å². The van der Waals surface area contributed by atoms with Crippen LogP contribution >= 0.6 is 0 Å². The second-order valence-corrected chi connectivity index (χ2v) is 17.9. The molecule has 3 fully saturated rings. The fourth-order valence-corrected chi connectivity index (χ4v) is 11.0. The molecular weight excluding hydrogens is 629 g/mol. The van der Waals surface area contributed by atoms with Crippen molar-refractivity contribution < 1.29 is 19.7 Å². The van der Waals surface area contributed by atoms with Crippen LogP contribution in [0, 0.1) is 46.3 Å². The van der Waals surface area contributed by atoms with Gasteiger partial charge in [0.15, 0.2) is 0 Å². The van der Waals surface area contributed by atoms with Gasteiger partial charge < -0.3 is 4.74 Å². The minimum absolute atomic E-state index is 0.0296. The van der Waals surface area contributed by atoms with Gasteiger partial charge >= 0.3 is 5.97 Å². The fraction of sp³-hybridized carbons (Fsp3) is 0.766. The highest BCUT2D eigenvalue weighted by atomic mass is 17.1. The molecule has 0 aromatic heterocycles. The molecule has 3 saturated carbocycles. The Hall–Kier alpha value is -1.91. The Bertz CT molecular complexity index is 1190. The monoisotopic (exact) mass is 705 g/mol. The Balaban J connectivity index is 1.14. The average Bonchev–Trinajstić information content (AvgIpc) is 3.47. The molecule has 0 heterocycles. The summed E-state index contributed by atoms with van der Waals surface area (Å²) in [5.74, 6) is 5.09. The first kappa shape index (κ1) is 41.8. The van der Waals surface area contributed by atoms with Crippen LogP contribution in [0.15, 0.2) is 60.3 Å². The van der Waals surface area contributed by atoms with Crippen LogP contribution in [-0.2, 0) is 14.4 Å². The van der Waals surface area contributed by atoms with E-state index in [2.05, 4.69) is 76.8 Å². The smallest absolute Gasteiger partial charge is 0.306 e. The predicted molar refractivity (Wildman–Crippen MR) is 214 cm³/mol. The molecular formula is C47H76O4. The molecule has 288 valence electrons. The van der Waals surface area contributed by atoms with E-state index in [1.807, 2.05) is 24.3 Å². The Morgan fingerprint density at radius 3 is 2.49 bits per heavy atom. The third-order valence-electron chi connectivity index (χ3n) is 14.0. The van der Waals surface area contributed by atoms with Gasteiger partial charge in [0.05, 0.1) is 0 Å². The van der Waals surface area contributed by atoms with Gasteiger partial charge in [-0.3, -0.25) is 10.1 Å². The molecule has 0 radical (unpaired) electrons. The quantitative estimate of drug-likeness (QED) is 0.0323. The molecule has 4 aliphatic carbocycles. The van der Waals surface area contributed by atoms with Crippen LogP contribution in [0.4, 0.5) is 0 Å². The molecule has 51 heavy (non-hydrogen) atoms. The first-order valence-corrected chi connectivity index (χ1v) is 21.4. The maximum atomic E-state index is 12.8. The number of esters is 1. The molecule has 0 saturated heterocycles. The topological polar surface area (TPSA) is 55.8 Å². The summed E-state index contributed by atoms with van der Waals surface area (Å²) in [4.78, 5) is 17.4. The van der Waals surface area contributed by atoms with Crippen molar-refractivity contribution in [2.24, 2.45) is 46.3 Å². The van der Waals surface area contributed by atoms with Gasteiger partial charge in [-0.15, -0.1) is 0 Å². The summed E-state index contributed by atoms with van der Waals surface area (Å²) in [6, 6.07) is 0. The number of fused-ring (bicyclic) bond motifs is 5. The molecule has 0 amide bonds. The van der Waals surface area contributed by atoms with Crippen molar-refractivity contribution in [3.8, 4) is 0 Å². The highest BCUT2D eigenvalue weighted by Crippen LogP contribution is 2.67. The number of rotatable bonds is 21. The fourth-order valence-electron chi connectivity index (χ4n) is 11.0. The molecule has 1 unspecified atom stereocenters. The molecule has 9 atom stereocenters. The maximum absolute atomic E-state index is 12.8. The predicted octanol–water partition coefficient (Wildman–Crippen LogP) is 13.6. The lowest BCUT2D eigenvalue weighted by Crippen LogP contribution is -2.51. The van der Waals surface area contributed by atoms with Crippen molar-refractivity contribution in [2.45, 2.75) is 182 Å². The second-order valence-electron chi connectivity index (χ2n) is 17.9. The van der Waals surface area contributed by atoms with E-state index in [4.69, 9.17) is 4.74 Å². The lowest BCUT2D eigenvalue weighted by molar-refractivity contribution is -0.264. The van der Waals surface area contributed by atoms with E-state index in [1.54, 1.807) is 5.57 Å². The molecule has 0 bridgehead atoms. The van der Waals surface area contributed by atoms with Crippen LogP contribution in [0.1, 0.15) is 170 Å². The van der Waals surface area contributed by atoms with E-state index in [9.17, 15) is 10.1 Å². The summed E-state index contributed by atoms with van der Waals surface area (Å²) < 4.78 is 6.09. The SMILES string of the molecule is CCCCC/C=C\C=C\C(C/C=C\C/C=C\CCCC(=O)O[C@H]1CC[C@@]2(C)C(=CC[C@H]3[C@@H]4CC[C@H]([C@H](C)CCCC(C)C)[C@@]4(C)CC[C@@H]32)C1)OO. The number of carbonyl (C=O) groups is 1. The van der Waals surface area contributed by atoms with E-state index in [1.165, 1.54) is 77.0 Å². The van der Waals surface area contributed by atoms with Crippen molar-refractivity contribution >= 4 is 5.97 Å². The Morgan fingerprint density at radius 2 is 1.71 bits per heavy atom. The lowest BCUT2D eigenvalue weighted by atomic mass is 9.47. The van der Waals surface area contributed by atoms with Crippen LogP contribution in [0.3, 0.4) is 0 Å². The average molecular weight is 705 g/mol. The van der Waals surface area contributed by atoms with Crippen molar-refractivity contribution in [3.05, 3.63) is 60.3 Å². The summed E-state index contributed by atoms with van der Waals surface area (Å²) >= 11 is 0. The molecule has 0 aliphatic heterocycles. The van der Waals surface area contributed by atoms with Crippen molar-refractivity contribution in [2.75, 3.05) is 0 Å². The van der Waals surface area contributed by atoms with Crippen LogP contribution in [0.5, 0.6) is 0 Å². The maximum Gasteiger partial charge on any atom is 0.306 e. The van der Waals surface area contributed by atoms with Gasteiger partial charge in [-0.2, -0.15) is 0 Å². The highest BCUT2D eigenvalue weighted by molar-refractivity contribution is 5.69. The van der Waals surface area contributed by atoms with Crippen LogP contribution in [0.25, 0.3) is 0 Å². The normalized spacial score (nSPS) is 32.1. The number of carbonyl (C=O) groups excluding carboxylic acids is 1. The summed E-state index contributed by atoms with van der Waals surface area (Å²) in [6.07, 6.45) is 41.5. The molecule has 0 aromatic carbocycles. The summed E-state index contributed by atoms with van der Waals surface area (Å²) in [5.41, 5.74) is 2.42. The first-order valence-electron chi connectivity index (χ1n) is 21.4. The summed E-state index contributed by atoms with van der Waals surface area (Å²) in [7, 11) is 0. The highest BCUT2D eigenvalue weighted by Gasteiger charge is 2.59. The van der Waals surface area contributed by atoms with Gasteiger partial charge in [0.1, 0.15) is 12.2 Å². The number of unbranched alkanes of at least 4 members (excludes halogenated alkanes) is 4. The number of hydrogen-bond donors (Lipinski definition) is 1. The molecule has 4 aliphatic rings. The zero-order chi connectivity index (χ0) is 36.7. The van der Waals surface area contributed by atoms with E-state index in [0.29, 0.717) is 23.7 Å². The third-order valence-corrected chi connectivity index (χ3v) is 14.0. The van der Waals surface area contributed by atoms with Gasteiger partial charge in [-0.05, 0) is 130 Å². The number of allylic oxidation sites excluding steroid dienone is 7. The van der Waals surface area contributed by atoms with Crippen molar-refractivity contribution in [1.82, 2.24) is 0 Å². The second kappa shape index (κ2) is 21.1. The van der Waals surface area contributed by atoms with E-state index in [-0.39, 0.29) is 18.2 Å². The van der Waals surface area contributed by atoms with E-state index < -0.39 is 0 Å². The van der Waals surface area contributed by atoms with Gasteiger partial charge in [-0.1, -0.05) is 134 Å². The Kier molecular flexibility index (Phi) is 17.3. The molecule has 4 heteroatoms. The van der Waals surface area contributed by atoms with E-state index >= 15 is 0 Å². The zero-order valence-corrected chi connectivity index (χ0v) is 33.6. The Morgan fingerprint density at radius 1 is 0.902 bits per heavy atom. The largest absolute Gasteiger partial charge is 0.462 e. The first-order chi connectivity index (χ1) is 24.6. The molecule has 0 spiro atoms. The summed E-state index contributed by atoms with van der Waals surface area (Å²) in [6.45, 7) is 14.8. The minimum atomic E-state index is -0.331. The Labute approximate surface area is 313 Å². The van der Waals surface area contributed by atoms with Crippen molar-refractivity contribution in [1.29, 1.82) is 0 Å². The molecule has 4 rings (SSSR count). The van der Waals surface area contributed by atoms with Gasteiger partial charge in [0.25, 0.3) is 0 Å². The van der Waals surface area contributed by atoms with Crippen molar-refractivity contribution in [3.63, 3.8) is 0 Å². The minimum Gasteiger partial charge on any atom is -0.462 e. The molecule has 4 nitrogen and oxygen atoms in total. The third kappa shape index (κ3) is 11.8. The molecule has 0 aromatic rings. The summed E-state index contributed by atoms with van der Waals surface area (Å²) in [5, 5.41) is 9.17. The van der Waals surface area contributed by atoms with Gasteiger partial charge in [0, 0.05) is 12.8 Å². The standard InChI is InChI=1S/C47H76O4/c1-7-8-9-10-12-15-18-24-39(51-49)25-19-16-13-11-14-17-20-26-45(48)50-40-31-33-46(5)38(35-40)27-28-41-43-30-29-42(37(4)23-21-22-36(2)3)47(43,6)34-32-44(41)46/h11-12,14-16,18-19,24,27,36-37,39-44,49H,7-10,13,17,20-23,25-26,28-35H2,1-6H3/b14-11-,15-12-,19-16-,24-18+/t37-,39?,40+,41+,42-,43+,44+,46+,47-/m1/s1. The number of ether oxygens (including phenoxy) is 1. The van der Waals surface area contributed by atoms with Gasteiger partial charge in [0.2, 0.25) is 0 Å². The van der Waals surface area contributed by atoms with Gasteiger partial charge in [-0.25, -0.2) is 4.89 Å². The number of hydrogen-bond acceptors (Lipinski definition) is 4. The molecule has 1 N–H and O–H groups in total. The van der Waals surface area contributed by atoms with Crippen LogP contribution in [0.2, 0.25) is 0 Å². The van der Waals surface area contributed by atoms with E-state index in [0.717, 1.165) is 74.0 Å². The van der Waals surface area contributed by atoms with Crippen LogP contribution < -0.4 is 0 Å². The zero-order valence-electron chi connectivity index (χ0n) is 33.6.